The second kappa shape index (κ2) is 8.15. The summed E-state index contributed by atoms with van der Waals surface area (Å²) in [4.78, 5) is 13.0. The highest BCUT2D eigenvalue weighted by Crippen LogP contribution is 2.19. The van der Waals surface area contributed by atoms with Crippen LogP contribution in [0.1, 0.15) is 37.7 Å². The van der Waals surface area contributed by atoms with Crippen LogP contribution in [0.25, 0.3) is 0 Å². The van der Waals surface area contributed by atoms with Gasteiger partial charge < -0.3 is 5.32 Å². The molecule has 2 nitrogen and oxygen atoms in total. The van der Waals surface area contributed by atoms with Crippen LogP contribution in [-0.4, -0.2) is 18.2 Å². The summed E-state index contributed by atoms with van der Waals surface area (Å²) in [5.41, 5.74) is 2.67. The summed E-state index contributed by atoms with van der Waals surface area (Å²) in [6.07, 6.45) is 7.76. The molecule has 0 fully saturated rings. The highest BCUT2D eigenvalue weighted by molar-refractivity contribution is 7.99. The number of amides is 1. The van der Waals surface area contributed by atoms with E-state index >= 15 is 0 Å². The summed E-state index contributed by atoms with van der Waals surface area (Å²) >= 11 is 1.74. The van der Waals surface area contributed by atoms with Crippen molar-refractivity contribution in [1.82, 2.24) is 5.32 Å². The average molecular weight is 289 g/mol. The Bertz CT molecular complexity index is 464. The summed E-state index contributed by atoms with van der Waals surface area (Å²) in [5.74, 6) is 1.00. The molecule has 20 heavy (non-hydrogen) atoms. The highest BCUT2D eigenvalue weighted by atomic mass is 32.2. The fourth-order valence-corrected chi connectivity index (χ4v) is 3.11. The molecular weight excluding hydrogens is 266 g/mol. The van der Waals surface area contributed by atoms with Gasteiger partial charge in [-0.15, -0.1) is 11.8 Å². The number of carbonyl (C=O) groups excluding carboxylic acids is 1. The van der Waals surface area contributed by atoms with Gasteiger partial charge in [0.05, 0.1) is 0 Å². The van der Waals surface area contributed by atoms with Crippen molar-refractivity contribution in [1.29, 1.82) is 0 Å². The van der Waals surface area contributed by atoms with Gasteiger partial charge in [0.2, 0.25) is 5.91 Å². The molecule has 1 aliphatic rings. The maximum absolute atomic E-state index is 11.8. The fourth-order valence-electron chi connectivity index (χ4n) is 2.26. The number of thioether (sulfide) groups is 1. The van der Waals surface area contributed by atoms with Crippen molar-refractivity contribution in [3.05, 3.63) is 41.5 Å². The first-order valence-electron chi connectivity index (χ1n) is 7.38. The number of hydrogen-bond acceptors (Lipinski definition) is 2. The maximum Gasteiger partial charge on any atom is 0.221 e. The normalized spacial score (nSPS) is 14.8. The lowest BCUT2D eigenvalue weighted by molar-refractivity contribution is -0.120. The van der Waals surface area contributed by atoms with Crippen LogP contribution in [0.4, 0.5) is 0 Å². The molecule has 0 aliphatic heterocycles. The molecule has 0 bridgehead atoms. The molecule has 1 aromatic carbocycles. The minimum atomic E-state index is 0.163. The topological polar surface area (TPSA) is 29.1 Å². The van der Waals surface area contributed by atoms with Gasteiger partial charge in [-0.1, -0.05) is 29.3 Å². The quantitative estimate of drug-likeness (QED) is 0.631. The number of allylic oxidation sites excluding steroid dienone is 1. The zero-order valence-electron chi connectivity index (χ0n) is 12.2. The predicted octanol–water partition coefficient (Wildman–Crippen LogP) is 4.09. The van der Waals surface area contributed by atoms with Crippen molar-refractivity contribution >= 4 is 17.7 Å². The van der Waals surface area contributed by atoms with E-state index in [0.29, 0.717) is 6.42 Å². The third kappa shape index (κ3) is 5.41. The van der Waals surface area contributed by atoms with E-state index in [4.69, 9.17) is 0 Å². The molecule has 108 valence electrons. The Labute approximate surface area is 126 Å². The summed E-state index contributed by atoms with van der Waals surface area (Å²) < 4.78 is 0. The number of aryl methyl sites for hydroxylation is 1. The van der Waals surface area contributed by atoms with Gasteiger partial charge in [0.15, 0.2) is 0 Å². The molecule has 0 atom stereocenters. The van der Waals surface area contributed by atoms with Gasteiger partial charge in [-0.05, 0) is 44.7 Å². The minimum absolute atomic E-state index is 0.163. The van der Waals surface area contributed by atoms with Gasteiger partial charge in [-0.3, -0.25) is 4.79 Å². The van der Waals surface area contributed by atoms with Crippen LogP contribution < -0.4 is 5.32 Å². The molecule has 2 rings (SSSR count). The largest absolute Gasteiger partial charge is 0.352 e. The Balaban J connectivity index is 1.62. The van der Waals surface area contributed by atoms with Crippen LogP contribution in [0.5, 0.6) is 0 Å². The number of rotatable bonds is 6. The van der Waals surface area contributed by atoms with Crippen LogP contribution in [0.2, 0.25) is 0 Å². The van der Waals surface area contributed by atoms with Gasteiger partial charge in [0.25, 0.3) is 0 Å². The van der Waals surface area contributed by atoms with E-state index in [9.17, 15) is 4.79 Å². The van der Waals surface area contributed by atoms with Gasteiger partial charge in [-0.25, -0.2) is 0 Å². The third-order valence-electron chi connectivity index (χ3n) is 3.52. The zero-order valence-corrected chi connectivity index (χ0v) is 13.0. The minimum Gasteiger partial charge on any atom is -0.352 e. The van der Waals surface area contributed by atoms with Crippen LogP contribution in [0.3, 0.4) is 0 Å². The van der Waals surface area contributed by atoms with Crippen molar-refractivity contribution in [2.75, 3.05) is 12.3 Å². The molecule has 0 saturated heterocycles. The molecule has 0 radical (unpaired) electrons. The summed E-state index contributed by atoms with van der Waals surface area (Å²) in [6.45, 7) is 2.83. The Morgan fingerprint density at radius 3 is 2.75 bits per heavy atom. The summed E-state index contributed by atoms with van der Waals surface area (Å²) in [5, 5.41) is 3.03. The lowest BCUT2D eigenvalue weighted by atomic mass is 10.00. The van der Waals surface area contributed by atoms with E-state index in [-0.39, 0.29) is 5.91 Å². The molecule has 1 aliphatic carbocycles. The monoisotopic (exact) mass is 289 g/mol. The predicted molar refractivity (Wildman–Crippen MR) is 86.1 cm³/mol. The Morgan fingerprint density at radius 1 is 1.25 bits per heavy atom. The van der Waals surface area contributed by atoms with E-state index in [1.165, 1.54) is 35.3 Å². The van der Waals surface area contributed by atoms with E-state index in [0.717, 1.165) is 18.7 Å². The van der Waals surface area contributed by atoms with Gasteiger partial charge in [0, 0.05) is 23.6 Å². The number of benzene rings is 1. The van der Waals surface area contributed by atoms with Crippen molar-refractivity contribution in [3.8, 4) is 0 Å². The molecule has 0 unspecified atom stereocenters. The van der Waals surface area contributed by atoms with E-state index < -0.39 is 0 Å². The van der Waals surface area contributed by atoms with Crippen molar-refractivity contribution in [2.24, 2.45) is 0 Å². The smallest absolute Gasteiger partial charge is 0.221 e. The molecule has 3 heteroatoms. The van der Waals surface area contributed by atoms with E-state index in [1.807, 2.05) is 0 Å². The first-order chi connectivity index (χ1) is 9.74. The van der Waals surface area contributed by atoms with Crippen molar-refractivity contribution in [2.45, 2.75) is 43.9 Å². The van der Waals surface area contributed by atoms with E-state index in [2.05, 4.69) is 42.6 Å². The highest BCUT2D eigenvalue weighted by Gasteiger charge is 2.06. The Hall–Kier alpha value is -1.22. The van der Waals surface area contributed by atoms with Gasteiger partial charge in [-0.2, -0.15) is 0 Å². The van der Waals surface area contributed by atoms with Crippen LogP contribution in [0, 0.1) is 6.92 Å². The lowest BCUT2D eigenvalue weighted by Crippen LogP contribution is -2.26. The van der Waals surface area contributed by atoms with Crippen LogP contribution in [-0.2, 0) is 4.79 Å². The van der Waals surface area contributed by atoms with E-state index in [1.54, 1.807) is 11.8 Å². The number of hydrogen-bond donors (Lipinski definition) is 1. The molecule has 0 heterocycles. The Kier molecular flexibility index (Phi) is 6.19. The second-order valence-electron chi connectivity index (χ2n) is 5.30. The SMILES string of the molecule is Cc1ccc(SCCC(=O)NCC2=CCCCC2)cc1. The first-order valence-corrected chi connectivity index (χ1v) is 8.37. The van der Waals surface area contributed by atoms with Crippen LogP contribution >= 0.6 is 11.8 Å². The zero-order chi connectivity index (χ0) is 14.2. The fraction of sp³-hybridized carbons (Fsp3) is 0.471. The van der Waals surface area contributed by atoms with Gasteiger partial charge >= 0.3 is 0 Å². The molecule has 1 N–H and O–H groups in total. The standard InChI is InChI=1S/C17H23NOS/c1-14-7-9-16(10-8-14)20-12-11-17(19)18-13-15-5-3-2-4-6-15/h5,7-10H,2-4,6,11-13H2,1H3,(H,18,19). The summed E-state index contributed by atoms with van der Waals surface area (Å²) in [6, 6.07) is 8.45. The second-order valence-corrected chi connectivity index (χ2v) is 6.46. The molecular formula is C17H23NOS. The molecule has 0 spiro atoms. The van der Waals surface area contributed by atoms with Crippen molar-refractivity contribution in [3.63, 3.8) is 0 Å². The molecule has 1 amide bonds. The number of carbonyl (C=O) groups is 1. The third-order valence-corrected chi connectivity index (χ3v) is 4.53. The maximum atomic E-state index is 11.8. The van der Waals surface area contributed by atoms with Gasteiger partial charge in [0.1, 0.15) is 0 Å². The lowest BCUT2D eigenvalue weighted by Gasteiger charge is -2.13. The molecule has 1 aromatic rings. The number of nitrogens with one attached hydrogen (secondary N) is 1. The molecule has 0 aromatic heterocycles. The molecule has 0 saturated carbocycles. The van der Waals surface area contributed by atoms with Crippen molar-refractivity contribution < 1.29 is 4.79 Å². The first kappa shape index (κ1) is 15.2. The summed E-state index contributed by atoms with van der Waals surface area (Å²) in [7, 11) is 0. The Morgan fingerprint density at radius 2 is 2.05 bits per heavy atom. The average Bonchev–Trinajstić information content (AvgIpc) is 2.48. The van der Waals surface area contributed by atoms with Crippen LogP contribution in [0.15, 0.2) is 40.8 Å².